The molecule has 0 aliphatic carbocycles. The van der Waals surface area contributed by atoms with Gasteiger partial charge in [-0.15, -0.1) is 0 Å². The molecule has 0 unspecified atom stereocenters. The van der Waals surface area contributed by atoms with Gasteiger partial charge in [0.15, 0.2) is 0 Å². The van der Waals surface area contributed by atoms with Crippen LogP contribution in [0.1, 0.15) is 51.9 Å². The number of hydrogen-bond donors (Lipinski definition) is 2. The van der Waals surface area contributed by atoms with Gasteiger partial charge in [0, 0.05) is 6.61 Å². The van der Waals surface area contributed by atoms with E-state index in [-0.39, 0.29) is 12.7 Å². The maximum Gasteiger partial charge on any atom is 0.0562 e. The standard InChI is InChI=1S/C10H22O2/c1-2-3-4-5-6-7-10(12)8-9-11/h10-12H,2-9H2,1H3/t10-/m1/s1. The summed E-state index contributed by atoms with van der Waals surface area (Å²) < 4.78 is 0. The molecule has 0 spiro atoms. The fraction of sp³-hybridized carbons (Fsp3) is 1.00. The molecule has 1 atom stereocenters. The number of aliphatic hydroxyl groups is 2. The Labute approximate surface area is 75.6 Å². The topological polar surface area (TPSA) is 40.5 Å². The van der Waals surface area contributed by atoms with Crippen molar-refractivity contribution in [2.24, 2.45) is 0 Å². The van der Waals surface area contributed by atoms with Gasteiger partial charge < -0.3 is 10.2 Å². The van der Waals surface area contributed by atoms with Crippen LogP contribution >= 0.6 is 0 Å². The Balaban J connectivity index is 2.97. The number of hydrogen-bond acceptors (Lipinski definition) is 2. The molecule has 2 nitrogen and oxygen atoms in total. The highest BCUT2D eigenvalue weighted by atomic mass is 16.3. The van der Waals surface area contributed by atoms with E-state index in [0.29, 0.717) is 6.42 Å². The van der Waals surface area contributed by atoms with Crippen LogP contribution in [-0.2, 0) is 0 Å². The van der Waals surface area contributed by atoms with Gasteiger partial charge in [-0.25, -0.2) is 0 Å². The minimum atomic E-state index is -0.281. The van der Waals surface area contributed by atoms with Crippen molar-refractivity contribution in [3.8, 4) is 0 Å². The van der Waals surface area contributed by atoms with E-state index >= 15 is 0 Å². The zero-order valence-electron chi connectivity index (χ0n) is 8.13. The Bertz CT molecular complexity index is 83.9. The van der Waals surface area contributed by atoms with Crippen molar-refractivity contribution in [1.29, 1.82) is 0 Å². The third-order valence-electron chi connectivity index (χ3n) is 2.10. The second-order valence-electron chi connectivity index (χ2n) is 3.37. The molecule has 0 aromatic rings. The van der Waals surface area contributed by atoms with Gasteiger partial charge in [0.25, 0.3) is 0 Å². The highest BCUT2D eigenvalue weighted by Crippen LogP contribution is 2.08. The van der Waals surface area contributed by atoms with Crippen molar-refractivity contribution < 1.29 is 10.2 Å². The summed E-state index contributed by atoms with van der Waals surface area (Å²) in [7, 11) is 0. The molecule has 0 radical (unpaired) electrons. The largest absolute Gasteiger partial charge is 0.396 e. The van der Waals surface area contributed by atoms with E-state index in [1.54, 1.807) is 0 Å². The summed E-state index contributed by atoms with van der Waals surface area (Å²) in [5.74, 6) is 0. The van der Waals surface area contributed by atoms with E-state index < -0.39 is 0 Å². The smallest absolute Gasteiger partial charge is 0.0562 e. The quantitative estimate of drug-likeness (QED) is 0.553. The van der Waals surface area contributed by atoms with E-state index in [9.17, 15) is 5.11 Å². The predicted molar refractivity (Wildman–Crippen MR) is 51.1 cm³/mol. The Morgan fingerprint density at radius 2 is 1.67 bits per heavy atom. The molecule has 0 rings (SSSR count). The van der Waals surface area contributed by atoms with E-state index in [1.165, 1.54) is 25.7 Å². The van der Waals surface area contributed by atoms with Crippen LogP contribution in [0.25, 0.3) is 0 Å². The number of unbranched alkanes of at least 4 members (excludes halogenated alkanes) is 4. The normalized spacial score (nSPS) is 13.2. The van der Waals surface area contributed by atoms with E-state index in [4.69, 9.17) is 5.11 Å². The molecule has 0 bridgehead atoms. The lowest BCUT2D eigenvalue weighted by molar-refractivity contribution is 0.122. The fourth-order valence-electron chi connectivity index (χ4n) is 1.28. The molecule has 0 aromatic carbocycles. The lowest BCUT2D eigenvalue weighted by Gasteiger charge is -2.07. The van der Waals surface area contributed by atoms with Crippen LogP contribution in [-0.4, -0.2) is 22.9 Å². The molecule has 0 aliphatic rings. The number of rotatable bonds is 8. The molecule has 74 valence electrons. The molecule has 12 heavy (non-hydrogen) atoms. The van der Waals surface area contributed by atoms with Gasteiger partial charge in [-0.1, -0.05) is 39.0 Å². The SMILES string of the molecule is CCCCCCC[C@@H](O)CCO. The summed E-state index contributed by atoms with van der Waals surface area (Å²) in [6.45, 7) is 2.30. The average molecular weight is 174 g/mol. The molecule has 0 saturated carbocycles. The van der Waals surface area contributed by atoms with Crippen LogP contribution in [0.4, 0.5) is 0 Å². The highest BCUT2D eigenvalue weighted by molar-refractivity contribution is 4.54. The Morgan fingerprint density at radius 3 is 2.25 bits per heavy atom. The third kappa shape index (κ3) is 8.02. The van der Waals surface area contributed by atoms with Gasteiger partial charge in [-0.05, 0) is 12.8 Å². The van der Waals surface area contributed by atoms with Gasteiger partial charge in [0.05, 0.1) is 6.10 Å². The second-order valence-corrected chi connectivity index (χ2v) is 3.37. The maximum absolute atomic E-state index is 9.25. The van der Waals surface area contributed by atoms with Crippen molar-refractivity contribution in [3.05, 3.63) is 0 Å². The lowest BCUT2D eigenvalue weighted by Crippen LogP contribution is -2.08. The first-order valence-electron chi connectivity index (χ1n) is 5.10. The summed E-state index contributed by atoms with van der Waals surface area (Å²) in [5, 5.41) is 17.8. The minimum absolute atomic E-state index is 0.107. The summed E-state index contributed by atoms with van der Waals surface area (Å²) in [6, 6.07) is 0. The third-order valence-corrected chi connectivity index (χ3v) is 2.10. The van der Waals surface area contributed by atoms with Crippen LogP contribution in [0.3, 0.4) is 0 Å². The van der Waals surface area contributed by atoms with Crippen molar-refractivity contribution >= 4 is 0 Å². The first kappa shape index (κ1) is 11.9. The zero-order valence-corrected chi connectivity index (χ0v) is 8.13. The average Bonchev–Trinajstić information content (AvgIpc) is 2.05. The molecule has 2 heteroatoms. The monoisotopic (exact) mass is 174 g/mol. The summed E-state index contributed by atoms with van der Waals surface area (Å²) in [4.78, 5) is 0. The number of aliphatic hydroxyl groups excluding tert-OH is 2. The molecule has 0 heterocycles. The molecular weight excluding hydrogens is 152 g/mol. The van der Waals surface area contributed by atoms with Crippen molar-refractivity contribution in [3.63, 3.8) is 0 Å². The first-order chi connectivity index (χ1) is 5.81. The molecule has 0 aliphatic heterocycles. The Hall–Kier alpha value is -0.0800. The van der Waals surface area contributed by atoms with Gasteiger partial charge in [-0.3, -0.25) is 0 Å². The summed E-state index contributed by atoms with van der Waals surface area (Å²) in [5.41, 5.74) is 0. The highest BCUT2D eigenvalue weighted by Gasteiger charge is 2.01. The van der Waals surface area contributed by atoms with Crippen molar-refractivity contribution in [2.45, 2.75) is 58.0 Å². The molecular formula is C10H22O2. The first-order valence-corrected chi connectivity index (χ1v) is 5.10. The van der Waals surface area contributed by atoms with Crippen LogP contribution in [0.5, 0.6) is 0 Å². The second kappa shape index (κ2) is 9.01. The van der Waals surface area contributed by atoms with E-state index in [2.05, 4.69) is 6.92 Å². The summed E-state index contributed by atoms with van der Waals surface area (Å²) in [6.07, 6.45) is 7.27. The molecule has 0 saturated heterocycles. The van der Waals surface area contributed by atoms with E-state index in [1.807, 2.05) is 0 Å². The Kier molecular flexibility index (Phi) is 8.95. The molecule has 0 fully saturated rings. The maximum atomic E-state index is 9.25. The lowest BCUT2D eigenvalue weighted by atomic mass is 10.1. The minimum Gasteiger partial charge on any atom is -0.396 e. The van der Waals surface area contributed by atoms with Gasteiger partial charge in [0.2, 0.25) is 0 Å². The molecule has 0 aromatic heterocycles. The zero-order chi connectivity index (χ0) is 9.23. The van der Waals surface area contributed by atoms with Gasteiger partial charge >= 0.3 is 0 Å². The van der Waals surface area contributed by atoms with Crippen LogP contribution in [0, 0.1) is 0 Å². The molecule has 2 N–H and O–H groups in total. The van der Waals surface area contributed by atoms with Crippen molar-refractivity contribution in [1.82, 2.24) is 0 Å². The van der Waals surface area contributed by atoms with Crippen LogP contribution in [0.2, 0.25) is 0 Å². The van der Waals surface area contributed by atoms with Crippen LogP contribution < -0.4 is 0 Å². The predicted octanol–water partition coefficient (Wildman–Crippen LogP) is 2.09. The Morgan fingerprint density at radius 1 is 1.00 bits per heavy atom. The van der Waals surface area contributed by atoms with Crippen LogP contribution in [0.15, 0.2) is 0 Å². The molecule has 0 amide bonds. The van der Waals surface area contributed by atoms with E-state index in [0.717, 1.165) is 12.8 Å². The van der Waals surface area contributed by atoms with Gasteiger partial charge in [-0.2, -0.15) is 0 Å². The van der Waals surface area contributed by atoms with Gasteiger partial charge in [0.1, 0.15) is 0 Å². The fourth-order valence-corrected chi connectivity index (χ4v) is 1.28. The summed E-state index contributed by atoms with van der Waals surface area (Å²) >= 11 is 0. The van der Waals surface area contributed by atoms with Crippen molar-refractivity contribution in [2.75, 3.05) is 6.61 Å².